The number of carbonyl (C=O) groups is 1. The van der Waals surface area contributed by atoms with Crippen LogP contribution in [0.2, 0.25) is 0 Å². The molecule has 0 saturated carbocycles. The Morgan fingerprint density at radius 3 is 2.73 bits per heavy atom. The quantitative estimate of drug-likeness (QED) is 0.542. The molecule has 0 spiro atoms. The molecule has 7 heteroatoms. The second kappa shape index (κ2) is 6.34. The average Bonchev–Trinajstić information content (AvgIpc) is 3.00. The van der Waals surface area contributed by atoms with Crippen LogP contribution in [-0.2, 0) is 6.54 Å². The number of aromatic nitrogens is 2. The van der Waals surface area contributed by atoms with Crippen LogP contribution in [0.1, 0.15) is 31.0 Å². The summed E-state index contributed by atoms with van der Waals surface area (Å²) in [6, 6.07) is 13.7. The van der Waals surface area contributed by atoms with Gasteiger partial charge in [-0.2, -0.15) is 5.10 Å². The van der Waals surface area contributed by atoms with E-state index in [1.165, 1.54) is 0 Å². The van der Waals surface area contributed by atoms with Gasteiger partial charge < -0.3 is 20.6 Å². The first kappa shape index (κ1) is 16.4. The maximum absolute atomic E-state index is 12.6. The van der Waals surface area contributed by atoms with Gasteiger partial charge in [-0.1, -0.05) is 30.3 Å². The summed E-state index contributed by atoms with van der Waals surface area (Å²) in [5.41, 5.74) is 3.69. The molecule has 1 aromatic heterocycles. The van der Waals surface area contributed by atoms with Crippen molar-refractivity contribution in [1.29, 1.82) is 0 Å². The van der Waals surface area contributed by atoms with Gasteiger partial charge in [0.2, 0.25) is 0 Å². The van der Waals surface area contributed by atoms with E-state index in [9.17, 15) is 9.90 Å². The molecule has 0 saturated heterocycles. The number of carbonyl (C=O) groups excluding carboxylic acids is 1. The molecule has 2 heterocycles. The number of hydrogen-bond acceptors (Lipinski definition) is 4. The molecule has 4 N–H and O–H groups in total. The van der Waals surface area contributed by atoms with Gasteiger partial charge in [-0.25, -0.2) is 4.79 Å². The minimum absolute atomic E-state index is 0.0422. The van der Waals surface area contributed by atoms with E-state index in [2.05, 4.69) is 20.8 Å². The van der Waals surface area contributed by atoms with Crippen LogP contribution in [0.15, 0.2) is 42.5 Å². The topological polar surface area (TPSA) is 93.3 Å². The number of aliphatic hydroxyl groups is 1. The van der Waals surface area contributed by atoms with Crippen molar-refractivity contribution in [2.24, 2.45) is 0 Å². The van der Waals surface area contributed by atoms with Gasteiger partial charge in [0.15, 0.2) is 5.82 Å². The Bertz CT molecular complexity index is 951. The van der Waals surface area contributed by atoms with Gasteiger partial charge in [-0.15, -0.1) is 0 Å². The molecule has 0 fully saturated rings. The third-order valence-electron chi connectivity index (χ3n) is 4.72. The summed E-state index contributed by atoms with van der Waals surface area (Å²) in [7, 11) is 0. The van der Waals surface area contributed by atoms with Crippen LogP contribution in [0.3, 0.4) is 0 Å². The number of aromatic amines is 1. The zero-order valence-electron chi connectivity index (χ0n) is 14.7. The SMILES string of the molecule is CC(O)Nc1n[nH]c2cc3c(cc12)CN([C@H](C)c1ccccc1)C(=O)N3. The fourth-order valence-electron chi connectivity index (χ4n) is 3.33. The monoisotopic (exact) mass is 351 g/mol. The lowest BCUT2D eigenvalue weighted by Gasteiger charge is -2.34. The summed E-state index contributed by atoms with van der Waals surface area (Å²) in [6.07, 6.45) is -0.702. The molecule has 2 atom stereocenters. The molecule has 1 aliphatic heterocycles. The predicted molar refractivity (Wildman–Crippen MR) is 101 cm³/mol. The van der Waals surface area contributed by atoms with E-state index in [1.807, 2.05) is 54.3 Å². The van der Waals surface area contributed by atoms with Crippen LogP contribution in [0.4, 0.5) is 16.3 Å². The van der Waals surface area contributed by atoms with Gasteiger partial charge in [-0.3, -0.25) is 5.10 Å². The van der Waals surface area contributed by atoms with Crippen molar-refractivity contribution in [3.8, 4) is 0 Å². The van der Waals surface area contributed by atoms with Crippen molar-refractivity contribution in [3.63, 3.8) is 0 Å². The van der Waals surface area contributed by atoms with Crippen molar-refractivity contribution in [2.75, 3.05) is 10.6 Å². The number of anilines is 2. The Balaban J connectivity index is 1.69. The first-order valence-corrected chi connectivity index (χ1v) is 8.61. The number of aliphatic hydroxyl groups excluding tert-OH is 1. The van der Waals surface area contributed by atoms with Gasteiger partial charge >= 0.3 is 6.03 Å². The molecule has 0 bridgehead atoms. The molecule has 0 aliphatic carbocycles. The van der Waals surface area contributed by atoms with E-state index < -0.39 is 6.23 Å². The summed E-state index contributed by atoms with van der Waals surface area (Å²) in [5.74, 6) is 0.595. The van der Waals surface area contributed by atoms with E-state index in [0.29, 0.717) is 12.4 Å². The highest BCUT2D eigenvalue weighted by Gasteiger charge is 2.28. The fourth-order valence-corrected chi connectivity index (χ4v) is 3.33. The molecule has 3 aromatic rings. The van der Waals surface area contributed by atoms with Gasteiger partial charge in [0.1, 0.15) is 6.23 Å². The minimum Gasteiger partial charge on any atom is -0.374 e. The van der Waals surface area contributed by atoms with E-state index >= 15 is 0 Å². The first-order chi connectivity index (χ1) is 12.5. The van der Waals surface area contributed by atoms with Crippen LogP contribution in [0, 0.1) is 0 Å². The first-order valence-electron chi connectivity index (χ1n) is 8.61. The van der Waals surface area contributed by atoms with Gasteiger partial charge in [-0.05, 0) is 37.1 Å². The highest BCUT2D eigenvalue weighted by atomic mass is 16.3. The Morgan fingerprint density at radius 2 is 2.00 bits per heavy atom. The number of benzene rings is 2. The number of nitrogens with zero attached hydrogens (tertiary/aromatic N) is 2. The zero-order valence-corrected chi connectivity index (χ0v) is 14.7. The van der Waals surface area contributed by atoms with Gasteiger partial charge in [0.25, 0.3) is 0 Å². The molecule has 0 radical (unpaired) electrons. The number of rotatable bonds is 4. The summed E-state index contributed by atoms with van der Waals surface area (Å²) in [4.78, 5) is 14.4. The lowest BCUT2D eigenvalue weighted by Crippen LogP contribution is -2.40. The summed E-state index contributed by atoms with van der Waals surface area (Å²) in [6.45, 7) is 4.17. The maximum atomic E-state index is 12.6. The van der Waals surface area contributed by atoms with Crippen molar-refractivity contribution in [3.05, 3.63) is 53.6 Å². The Kier molecular flexibility index (Phi) is 4.00. The Labute approximate surface area is 151 Å². The van der Waals surface area contributed by atoms with Crippen molar-refractivity contribution < 1.29 is 9.90 Å². The molecule has 2 aromatic carbocycles. The van der Waals surface area contributed by atoms with Crippen LogP contribution in [0.25, 0.3) is 10.9 Å². The number of hydrogen-bond donors (Lipinski definition) is 4. The molecular weight excluding hydrogens is 330 g/mol. The zero-order chi connectivity index (χ0) is 18.3. The third-order valence-corrected chi connectivity index (χ3v) is 4.72. The summed E-state index contributed by atoms with van der Waals surface area (Å²) < 4.78 is 0. The standard InChI is InChI=1S/C19H21N5O2/c1-11(13-6-4-3-5-7-13)24-10-14-8-15-17(9-16(14)21-19(24)26)22-23-18(15)20-12(2)25/h3-9,11-12,25H,10H2,1-2H3,(H,21,26)(H2,20,22,23)/t11-,12?/m1/s1. The van der Waals surface area contributed by atoms with E-state index in [-0.39, 0.29) is 12.1 Å². The van der Waals surface area contributed by atoms with Crippen LogP contribution >= 0.6 is 0 Å². The van der Waals surface area contributed by atoms with Crippen LogP contribution < -0.4 is 10.6 Å². The van der Waals surface area contributed by atoms with Crippen molar-refractivity contribution in [2.45, 2.75) is 32.7 Å². The molecule has 134 valence electrons. The lowest BCUT2D eigenvalue weighted by molar-refractivity contribution is 0.186. The molecular formula is C19H21N5O2. The summed E-state index contributed by atoms with van der Waals surface area (Å²) >= 11 is 0. The molecule has 26 heavy (non-hydrogen) atoms. The smallest absolute Gasteiger partial charge is 0.322 e. The van der Waals surface area contributed by atoms with Crippen LogP contribution in [0.5, 0.6) is 0 Å². The molecule has 1 aliphatic rings. The predicted octanol–water partition coefficient (Wildman–Crippen LogP) is 3.42. The van der Waals surface area contributed by atoms with E-state index in [1.54, 1.807) is 6.92 Å². The normalized spacial score (nSPS) is 16.1. The Hall–Kier alpha value is -3.06. The number of fused-ring (bicyclic) bond motifs is 2. The maximum Gasteiger partial charge on any atom is 0.322 e. The second-order valence-electron chi connectivity index (χ2n) is 6.59. The summed E-state index contributed by atoms with van der Waals surface area (Å²) in [5, 5.41) is 23.5. The highest BCUT2D eigenvalue weighted by Crippen LogP contribution is 2.34. The molecule has 2 amide bonds. The van der Waals surface area contributed by atoms with E-state index in [0.717, 1.165) is 27.7 Å². The number of amides is 2. The van der Waals surface area contributed by atoms with Crippen molar-refractivity contribution >= 4 is 28.4 Å². The molecule has 4 rings (SSSR count). The highest BCUT2D eigenvalue weighted by molar-refractivity contribution is 5.99. The second-order valence-corrected chi connectivity index (χ2v) is 6.59. The van der Waals surface area contributed by atoms with E-state index in [4.69, 9.17) is 0 Å². The number of H-pyrrole nitrogens is 1. The minimum atomic E-state index is -0.702. The molecule has 7 nitrogen and oxygen atoms in total. The van der Waals surface area contributed by atoms with Crippen molar-refractivity contribution in [1.82, 2.24) is 15.1 Å². The third kappa shape index (κ3) is 2.86. The fraction of sp³-hybridized carbons (Fsp3) is 0.263. The molecule has 1 unspecified atom stereocenters. The lowest BCUT2D eigenvalue weighted by atomic mass is 10.0. The van der Waals surface area contributed by atoms with Gasteiger partial charge in [0, 0.05) is 11.1 Å². The number of urea groups is 1. The average molecular weight is 351 g/mol. The van der Waals surface area contributed by atoms with Gasteiger partial charge in [0.05, 0.1) is 18.1 Å². The largest absolute Gasteiger partial charge is 0.374 e. The number of nitrogens with one attached hydrogen (secondary N) is 3. The van der Waals surface area contributed by atoms with Crippen LogP contribution in [-0.4, -0.2) is 32.5 Å². The Morgan fingerprint density at radius 1 is 1.23 bits per heavy atom.